The van der Waals surface area contributed by atoms with Gasteiger partial charge in [0, 0.05) is 25.9 Å². The Labute approximate surface area is 188 Å². The van der Waals surface area contributed by atoms with E-state index in [-0.39, 0.29) is 37.8 Å². The van der Waals surface area contributed by atoms with Gasteiger partial charge in [-0.05, 0) is 24.1 Å². The van der Waals surface area contributed by atoms with E-state index < -0.39 is 18.1 Å². The number of nitrogens with one attached hydrogen (secondary N) is 1. The van der Waals surface area contributed by atoms with Gasteiger partial charge in [-0.25, -0.2) is 13.6 Å². The number of carbonyl (C=O) groups excluding carboxylic acids is 1. The monoisotopic (exact) mass is 472 g/mol. The third-order valence-corrected chi connectivity index (χ3v) is 5.17. The molecule has 1 aliphatic heterocycles. The van der Waals surface area contributed by atoms with Crippen molar-refractivity contribution in [1.29, 1.82) is 0 Å². The van der Waals surface area contributed by atoms with Gasteiger partial charge in [0.2, 0.25) is 5.91 Å². The molecule has 2 aromatic carbocycles. The zero-order valence-electron chi connectivity index (χ0n) is 17.9. The van der Waals surface area contributed by atoms with Crippen LogP contribution in [-0.4, -0.2) is 42.2 Å². The standard InChI is InChI=1S/C21H24F2N2O.C2HF3O2/c1-2-17(16-8-4-3-5-9-16)20(26)24-18-10-6-7-11-19(18)25-14-12-21(22,23)13-15-25;3-2(4,5)1(6)7/h3-11,17H,2,12-15H2,1H3,(H,24,26);(H,6,7)/t17-;/m0./s1. The molecule has 1 heterocycles. The number of alkyl halides is 5. The lowest BCUT2D eigenvalue weighted by molar-refractivity contribution is -0.192. The highest BCUT2D eigenvalue weighted by atomic mass is 19.4. The van der Waals surface area contributed by atoms with Crippen LogP contribution in [0, 0.1) is 0 Å². The third kappa shape index (κ3) is 7.73. The first-order chi connectivity index (χ1) is 15.4. The second-order valence-corrected chi connectivity index (χ2v) is 7.52. The van der Waals surface area contributed by atoms with E-state index in [1.54, 1.807) is 0 Å². The molecule has 0 radical (unpaired) electrons. The molecular formula is C23H25F5N2O3. The first kappa shape index (κ1) is 26.1. The van der Waals surface area contributed by atoms with Crippen LogP contribution in [0.5, 0.6) is 0 Å². The number of hydrogen-bond acceptors (Lipinski definition) is 3. The SMILES string of the molecule is CC[C@H](C(=O)Nc1ccccc1N1CCC(F)(F)CC1)c1ccccc1.O=C(O)C(F)(F)F. The van der Waals surface area contributed by atoms with Gasteiger partial charge < -0.3 is 15.3 Å². The number of nitrogens with zero attached hydrogens (tertiary/aromatic N) is 1. The summed E-state index contributed by atoms with van der Waals surface area (Å²) in [5.41, 5.74) is 2.46. The van der Waals surface area contributed by atoms with Crippen molar-refractivity contribution >= 4 is 23.3 Å². The summed E-state index contributed by atoms with van der Waals surface area (Å²) in [7, 11) is 0. The predicted octanol–water partition coefficient (Wildman–Crippen LogP) is 5.69. The molecule has 3 rings (SSSR count). The average molecular weight is 472 g/mol. The zero-order valence-corrected chi connectivity index (χ0v) is 17.9. The maximum absolute atomic E-state index is 13.4. The van der Waals surface area contributed by atoms with Crippen molar-refractivity contribution in [3.8, 4) is 0 Å². The molecule has 1 aliphatic rings. The Kier molecular flexibility index (Phi) is 8.78. The van der Waals surface area contributed by atoms with Crippen LogP contribution in [-0.2, 0) is 9.59 Å². The fourth-order valence-corrected chi connectivity index (χ4v) is 3.41. The Balaban J connectivity index is 0.000000479. The summed E-state index contributed by atoms with van der Waals surface area (Å²) in [5, 5.41) is 10.1. The molecule has 1 amide bonds. The van der Waals surface area contributed by atoms with Gasteiger partial charge in [0.15, 0.2) is 0 Å². The Hall–Kier alpha value is -3.17. The number of rotatable bonds is 5. The van der Waals surface area contributed by atoms with Crippen LogP contribution >= 0.6 is 0 Å². The van der Waals surface area contributed by atoms with Crippen molar-refractivity contribution in [2.75, 3.05) is 23.3 Å². The van der Waals surface area contributed by atoms with Crippen molar-refractivity contribution in [2.45, 2.75) is 44.2 Å². The summed E-state index contributed by atoms with van der Waals surface area (Å²) in [5.74, 6) is -5.66. The lowest BCUT2D eigenvalue weighted by Crippen LogP contribution is -2.39. The third-order valence-electron chi connectivity index (χ3n) is 5.17. The van der Waals surface area contributed by atoms with Crippen molar-refractivity contribution in [3.63, 3.8) is 0 Å². The molecule has 5 nitrogen and oxygen atoms in total. The molecular weight excluding hydrogens is 447 g/mol. The maximum atomic E-state index is 13.4. The number of piperidine rings is 1. The molecule has 0 aliphatic carbocycles. The predicted molar refractivity (Wildman–Crippen MR) is 115 cm³/mol. The van der Waals surface area contributed by atoms with Crippen LogP contribution in [0.25, 0.3) is 0 Å². The number of anilines is 2. The van der Waals surface area contributed by atoms with Gasteiger partial charge in [-0.15, -0.1) is 0 Å². The normalized spacial score (nSPS) is 16.2. The zero-order chi connectivity index (χ0) is 24.6. The number of hydrogen-bond donors (Lipinski definition) is 2. The van der Waals surface area contributed by atoms with Crippen LogP contribution in [0.2, 0.25) is 0 Å². The first-order valence-electron chi connectivity index (χ1n) is 10.3. The molecule has 2 N–H and O–H groups in total. The molecule has 0 spiro atoms. The van der Waals surface area contributed by atoms with E-state index in [4.69, 9.17) is 9.90 Å². The van der Waals surface area contributed by atoms with Crippen LogP contribution in [0.15, 0.2) is 54.6 Å². The van der Waals surface area contributed by atoms with Gasteiger partial charge in [0.1, 0.15) is 0 Å². The van der Waals surface area contributed by atoms with Crippen molar-refractivity contribution in [2.24, 2.45) is 0 Å². The Morgan fingerprint density at radius 2 is 1.55 bits per heavy atom. The number of halogens is 5. The van der Waals surface area contributed by atoms with Crippen LogP contribution in [0.4, 0.5) is 33.3 Å². The Morgan fingerprint density at radius 3 is 2.06 bits per heavy atom. The molecule has 1 saturated heterocycles. The highest BCUT2D eigenvalue weighted by molar-refractivity contribution is 5.98. The van der Waals surface area contributed by atoms with Crippen LogP contribution in [0.1, 0.15) is 37.7 Å². The van der Waals surface area contributed by atoms with Gasteiger partial charge in [-0.2, -0.15) is 13.2 Å². The minimum Gasteiger partial charge on any atom is -0.475 e. The highest BCUT2D eigenvalue weighted by Gasteiger charge is 2.38. The van der Waals surface area contributed by atoms with E-state index in [2.05, 4.69) is 5.32 Å². The summed E-state index contributed by atoms with van der Waals surface area (Å²) >= 11 is 0. The molecule has 10 heteroatoms. The summed E-state index contributed by atoms with van der Waals surface area (Å²) in [6, 6.07) is 17.1. The quantitative estimate of drug-likeness (QED) is 0.549. The average Bonchev–Trinajstić information content (AvgIpc) is 2.75. The number of para-hydroxylation sites is 2. The second-order valence-electron chi connectivity index (χ2n) is 7.52. The molecule has 0 unspecified atom stereocenters. The van der Waals surface area contributed by atoms with Crippen LogP contribution in [0.3, 0.4) is 0 Å². The smallest absolute Gasteiger partial charge is 0.475 e. The number of benzene rings is 2. The first-order valence-corrected chi connectivity index (χ1v) is 10.3. The minimum atomic E-state index is -5.08. The number of carbonyl (C=O) groups is 2. The van der Waals surface area contributed by atoms with Gasteiger partial charge in [0.25, 0.3) is 5.92 Å². The summed E-state index contributed by atoms with van der Waals surface area (Å²) in [6.45, 7) is 2.56. The topological polar surface area (TPSA) is 69.6 Å². The molecule has 33 heavy (non-hydrogen) atoms. The van der Waals surface area contributed by atoms with E-state index in [0.717, 1.165) is 11.3 Å². The van der Waals surface area contributed by atoms with Gasteiger partial charge in [-0.1, -0.05) is 49.4 Å². The lowest BCUT2D eigenvalue weighted by Gasteiger charge is -2.34. The molecule has 1 fully saturated rings. The molecule has 0 aromatic heterocycles. The summed E-state index contributed by atoms with van der Waals surface area (Å²) in [6.07, 6.45) is -4.71. The number of carboxylic acid groups (broad SMARTS) is 1. The fourth-order valence-electron chi connectivity index (χ4n) is 3.41. The van der Waals surface area contributed by atoms with E-state index in [1.165, 1.54) is 0 Å². The number of amides is 1. The van der Waals surface area contributed by atoms with E-state index in [1.807, 2.05) is 66.4 Å². The highest BCUT2D eigenvalue weighted by Crippen LogP contribution is 2.34. The molecule has 1 atom stereocenters. The molecule has 2 aromatic rings. The lowest BCUT2D eigenvalue weighted by atomic mass is 9.95. The maximum Gasteiger partial charge on any atom is 0.490 e. The largest absolute Gasteiger partial charge is 0.490 e. The molecule has 0 bridgehead atoms. The summed E-state index contributed by atoms with van der Waals surface area (Å²) < 4.78 is 58.6. The van der Waals surface area contributed by atoms with E-state index in [0.29, 0.717) is 12.1 Å². The van der Waals surface area contributed by atoms with E-state index in [9.17, 15) is 26.7 Å². The number of aliphatic carboxylic acids is 1. The fraction of sp³-hybridized carbons (Fsp3) is 0.391. The second kappa shape index (κ2) is 11.1. The van der Waals surface area contributed by atoms with Gasteiger partial charge >= 0.3 is 12.1 Å². The summed E-state index contributed by atoms with van der Waals surface area (Å²) in [4.78, 5) is 23.7. The Morgan fingerprint density at radius 1 is 1.03 bits per heavy atom. The van der Waals surface area contributed by atoms with Gasteiger partial charge in [-0.3, -0.25) is 4.79 Å². The number of carboxylic acids is 1. The van der Waals surface area contributed by atoms with Crippen molar-refractivity contribution < 1.29 is 36.6 Å². The Bertz CT molecular complexity index is 925. The molecule has 0 saturated carbocycles. The molecule has 180 valence electrons. The van der Waals surface area contributed by atoms with E-state index >= 15 is 0 Å². The van der Waals surface area contributed by atoms with Crippen LogP contribution < -0.4 is 10.2 Å². The van der Waals surface area contributed by atoms with Crippen molar-refractivity contribution in [1.82, 2.24) is 0 Å². The van der Waals surface area contributed by atoms with Gasteiger partial charge in [0.05, 0.1) is 17.3 Å². The minimum absolute atomic E-state index is 0.0755. The van der Waals surface area contributed by atoms with Crippen molar-refractivity contribution in [3.05, 3.63) is 60.2 Å².